The number of nitro groups is 1. The maximum Gasteiger partial charge on any atom is 0.290 e. The molecule has 19 heavy (non-hydrogen) atoms. The number of anilines is 1. The van der Waals surface area contributed by atoms with Crippen LogP contribution in [0.15, 0.2) is 12.3 Å². The third kappa shape index (κ3) is 3.39. The van der Waals surface area contributed by atoms with Gasteiger partial charge in [-0.15, -0.1) is 0 Å². The summed E-state index contributed by atoms with van der Waals surface area (Å²) < 4.78 is 11.0. The van der Waals surface area contributed by atoms with Crippen molar-refractivity contribution in [2.24, 2.45) is 0 Å². The number of nitrogens with zero attached hydrogens (tertiary/aromatic N) is 2. The molecule has 0 radical (unpaired) electrons. The van der Waals surface area contributed by atoms with Crippen LogP contribution in [0.1, 0.15) is 18.9 Å². The van der Waals surface area contributed by atoms with Gasteiger partial charge in [-0.3, -0.25) is 10.1 Å². The summed E-state index contributed by atoms with van der Waals surface area (Å²) in [5.41, 5.74) is 0.613. The Bertz CT molecular complexity index is 472. The van der Waals surface area contributed by atoms with Gasteiger partial charge in [-0.2, -0.15) is 0 Å². The Morgan fingerprint density at radius 3 is 2.79 bits per heavy atom. The molecule has 1 fully saturated rings. The first kappa shape index (κ1) is 13.7. The second-order valence-electron chi connectivity index (χ2n) is 4.62. The van der Waals surface area contributed by atoms with Crippen LogP contribution in [0.3, 0.4) is 0 Å². The van der Waals surface area contributed by atoms with Crippen LogP contribution >= 0.6 is 0 Å². The van der Waals surface area contributed by atoms with E-state index in [1.807, 2.05) is 6.92 Å². The van der Waals surface area contributed by atoms with E-state index in [9.17, 15) is 10.1 Å². The second kappa shape index (κ2) is 5.50. The molecular formula is C12H17N3O4. The molecular weight excluding hydrogens is 250 g/mol. The summed E-state index contributed by atoms with van der Waals surface area (Å²) in [7, 11) is 0. The lowest BCUT2D eigenvalue weighted by Gasteiger charge is -2.22. The quantitative estimate of drug-likeness (QED) is 0.647. The van der Waals surface area contributed by atoms with Crippen molar-refractivity contribution in [1.82, 2.24) is 4.98 Å². The number of aromatic nitrogens is 1. The maximum absolute atomic E-state index is 10.7. The maximum atomic E-state index is 10.7. The van der Waals surface area contributed by atoms with E-state index >= 15 is 0 Å². The third-order valence-corrected chi connectivity index (χ3v) is 3.06. The molecule has 1 aromatic rings. The van der Waals surface area contributed by atoms with Gasteiger partial charge in [0.15, 0.2) is 5.79 Å². The molecule has 2 heterocycles. The van der Waals surface area contributed by atoms with Gasteiger partial charge in [-0.1, -0.05) is 0 Å². The molecule has 0 unspecified atom stereocenters. The van der Waals surface area contributed by atoms with E-state index in [4.69, 9.17) is 9.47 Å². The van der Waals surface area contributed by atoms with Crippen molar-refractivity contribution in [1.29, 1.82) is 0 Å². The highest BCUT2D eigenvalue weighted by atomic mass is 16.7. The van der Waals surface area contributed by atoms with Crippen LogP contribution in [-0.2, 0) is 9.47 Å². The van der Waals surface area contributed by atoms with Crippen LogP contribution in [-0.4, -0.2) is 35.5 Å². The average molecular weight is 267 g/mol. The molecule has 0 amide bonds. The van der Waals surface area contributed by atoms with Crippen LogP contribution in [0.4, 0.5) is 11.5 Å². The van der Waals surface area contributed by atoms with Crippen LogP contribution in [0.25, 0.3) is 0 Å². The zero-order valence-corrected chi connectivity index (χ0v) is 11.0. The van der Waals surface area contributed by atoms with E-state index in [1.54, 1.807) is 13.0 Å². The molecule has 7 heteroatoms. The SMILES string of the molecule is Cc1cc(NCCC2(C)OCCO2)ncc1[N+](=O)[O-]. The Morgan fingerprint density at radius 1 is 1.53 bits per heavy atom. The first-order chi connectivity index (χ1) is 9.00. The van der Waals surface area contributed by atoms with Crippen molar-refractivity contribution >= 4 is 11.5 Å². The lowest BCUT2D eigenvalue weighted by molar-refractivity contribution is -0.385. The fraction of sp³-hybridized carbons (Fsp3) is 0.583. The fourth-order valence-corrected chi connectivity index (χ4v) is 1.96. The van der Waals surface area contributed by atoms with Crippen LogP contribution < -0.4 is 5.32 Å². The average Bonchev–Trinajstić information content (AvgIpc) is 2.76. The lowest BCUT2D eigenvalue weighted by Crippen LogP contribution is -2.28. The summed E-state index contributed by atoms with van der Waals surface area (Å²) in [5.74, 6) is 0.0766. The van der Waals surface area contributed by atoms with Crippen LogP contribution in [0, 0.1) is 17.0 Å². The van der Waals surface area contributed by atoms with Gasteiger partial charge in [0.2, 0.25) is 0 Å². The Hall–Kier alpha value is -1.73. The predicted octanol–water partition coefficient (Wildman–Crippen LogP) is 1.86. The molecule has 1 saturated heterocycles. The topological polar surface area (TPSA) is 86.5 Å². The van der Waals surface area contributed by atoms with Crippen LogP contribution in [0.5, 0.6) is 0 Å². The number of pyridine rings is 1. The molecule has 0 atom stereocenters. The van der Waals surface area contributed by atoms with Crippen molar-refractivity contribution < 1.29 is 14.4 Å². The normalized spacial score (nSPS) is 17.4. The second-order valence-corrected chi connectivity index (χ2v) is 4.62. The molecule has 0 bridgehead atoms. The van der Waals surface area contributed by atoms with Crippen molar-refractivity contribution in [2.75, 3.05) is 25.1 Å². The molecule has 0 saturated carbocycles. The van der Waals surface area contributed by atoms with Gasteiger partial charge in [0.05, 0.1) is 18.1 Å². The predicted molar refractivity (Wildman–Crippen MR) is 69.0 cm³/mol. The first-order valence-corrected chi connectivity index (χ1v) is 6.13. The van der Waals surface area contributed by atoms with Crippen molar-refractivity contribution in [2.45, 2.75) is 26.1 Å². The van der Waals surface area contributed by atoms with Gasteiger partial charge in [-0.25, -0.2) is 4.98 Å². The Morgan fingerprint density at radius 2 is 2.21 bits per heavy atom. The molecule has 1 aliphatic heterocycles. The summed E-state index contributed by atoms with van der Waals surface area (Å²) in [4.78, 5) is 14.3. The third-order valence-electron chi connectivity index (χ3n) is 3.06. The molecule has 0 aliphatic carbocycles. The Labute approximate surface area is 111 Å². The molecule has 2 rings (SSSR count). The van der Waals surface area contributed by atoms with Gasteiger partial charge in [0.1, 0.15) is 12.0 Å². The van der Waals surface area contributed by atoms with E-state index in [1.165, 1.54) is 6.20 Å². The summed E-state index contributed by atoms with van der Waals surface area (Å²) >= 11 is 0. The summed E-state index contributed by atoms with van der Waals surface area (Å²) in [6.07, 6.45) is 1.95. The summed E-state index contributed by atoms with van der Waals surface area (Å²) in [5, 5.41) is 13.8. The van der Waals surface area contributed by atoms with Gasteiger partial charge in [0, 0.05) is 18.5 Å². The van der Waals surface area contributed by atoms with Gasteiger partial charge < -0.3 is 14.8 Å². The lowest BCUT2D eigenvalue weighted by atomic mass is 10.2. The van der Waals surface area contributed by atoms with Gasteiger partial charge in [-0.05, 0) is 19.9 Å². The molecule has 104 valence electrons. The van der Waals surface area contributed by atoms with E-state index < -0.39 is 10.7 Å². The van der Waals surface area contributed by atoms with Crippen molar-refractivity contribution in [3.05, 3.63) is 27.9 Å². The van der Waals surface area contributed by atoms with Crippen LogP contribution in [0.2, 0.25) is 0 Å². The van der Waals surface area contributed by atoms with Crippen molar-refractivity contribution in [3.63, 3.8) is 0 Å². The molecule has 1 aliphatic rings. The number of hydrogen-bond acceptors (Lipinski definition) is 6. The summed E-state index contributed by atoms with van der Waals surface area (Å²) in [6.45, 7) is 5.45. The largest absolute Gasteiger partial charge is 0.370 e. The van der Waals surface area contributed by atoms with E-state index in [2.05, 4.69) is 10.3 Å². The summed E-state index contributed by atoms with van der Waals surface area (Å²) in [6, 6.07) is 1.66. The molecule has 7 nitrogen and oxygen atoms in total. The van der Waals surface area contributed by atoms with E-state index in [-0.39, 0.29) is 5.69 Å². The minimum absolute atomic E-state index is 0.0278. The fourth-order valence-electron chi connectivity index (χ4n) is 1.96. The number of ether oxygens (including phenoxy) is 2. The number of nitrogens with one attached hydrogen (secondary N) is 1. The standard InChI is InChI=1S/C12H17N3O4/c1-9-7-11(14-8-10(9)15(16)17)13-4-3-12(2)18-5-6-19-12/h7-8H,3-6H2,1-2H3,(H,13,14). The highest BCUT2D eigenvalue weighted by Crippen LogP contribution is 2.23. The van der Waals surface area contributed by atoms with E-state index in [0.717, 1.165) is 0 Å². The number of hydrogen-bond donors (Lipinski definition) is 1. The zero-order valence-electron chi connectivity index (χ0n) is 11.0. The molecule has 0 aromatic carbocycles. The Balaban J connectivity index is 1.89. The minimum Gasteiger partial charge on any atom is -0.370 e. The molecule has 0 spiro atoms. The van der Waals surface area contributed by atoms with Crippen molar-refractivity contribution in [3.8, 4) is 0 Å². The van der Waals surface area contributed by atoms with Gasteiger partial charge in [0.25, 0.3) is 5.69 Å². The highest BCUT2D eigenvalue weighted by molar-refractivity contribution is 5.46. The highest BCUT2D eigenvalue weighted by Gasteiger charge is 2.30. The number of rotatable bonds is 5. The minimum atomic E-state index is -0.539. The monoisotopic (exact) mass is 267 g/mol. The van der Waals surface area contributed by atoms with E-state index in [0.29, 0.717) is 37.6 Å². The molecule has 1 N–H and O–H groups in total. The zero-order chi connectivity index (χ0) is 13.9. The number of aryl methyl sites for hydroxylation is 1. The molecule has 1 aromatic heterocycles. The van der Waals surface area contributed by atoms with Gasteiger partial charge >= 0.3 is 0 Å². The smallest absolute Gasteiger partial charge is 0.290 e. The Kier molecular flexibility index (Phi) is 3.96. The first-order valence-electron chi connectivity index (χ1n) is 6.13.